The fourth-order valence-electron chi connectivity index (χ4n) is 3.25. The largest absolute Gasteiger partial charge is 0.480 e. The van der Waals surface area contributed by atoms with E-state index in [1.54, 1.807) is 36.0 Å². The molecule has 4 rings (SSSR count). The molecular weight excluding hydrogens is 463 g/mol. The number of benzene rings is 1. The third-order valence-corrected chi connectivity index (χ3v) is 6.87. The minimum absolute atomic E-state index is 0.154. The number of aryl methyl sites for hydroxylation is 1. The molecule has 0 unspecified atom stereocenters. The van der Waals surface area contributed by atoms with Gasteiger partial charge in [0.05, 0.1) is 42.8 Å². The van der Waals surface area contributed by atoms with Gasteiger partial charge in [0.2, 0.25) is 5.88 Å². The summed E-state index contributed by atoms with van der Waals surface area (Å²) in [5.74, 6) is -0.313. The minimum Gasteiger partial charge on any atom is -0.480 e. The van der Waals surface area contributed by atoms with E-state index < -0.39 is 15.8 Å². The molecule has 0 saturated carbocycles. The van der Waals surface area contributed by atoms with E-state index in [1.807, 2.05) is 6.07 Å². The summed E-state index contributed by atoms with van der Waals surface area (Å²) in [6.07, 6.45) is 6.27. The van der Waals surface area contributed by atoms with Crippen LogP contribution in [-0.4, -0.2) is 59.7 Å². The third kappa shape index (κ3) is 4.27. The van der Waals surface area contributed by atoms with Crippen LogP contribution in [0.2, 0.25) is 0 Å². The highest BCUT2D eigenvalue weighted by Crippen LogP contribution is 2.29. The van der Waals surface area contributed by atoms with Gasteiger partial charge in [-0.25, -0.2) is 14.4 Å². The number of aromatic nitrogens is 4. The van der Waals surface area contributed by atoms with E-state index in [-0.39, 0.29) is 10.9 Å². The van der Waals surface area contributed by atoms with Gasteiger partial charge >= 0.3 is 6.01 Å². The molecule has 0 bridgehead atoms. The predicted octanol–water partition coefficient (Wildman–Crippen LogP) is 2.91. The Morgan fingerprint density at radius 1 is 1.12 bits per heavy atom. The summed E-state index contributed by atoms with van der Waals surface area (Å²) in [4.78, 5) is 12.5. The van der Waals surface area contributed by atoms with E-state index in [9.17, 15) is 12.8 Å². The monoisotopic (exact) mass is 484 g/mol. The maximum Gasteiger partial charge on any atom is 0.319 e. The number of sulfonamides is 1. The second-order valence-electron chi connectivity index (χ2n) is 7.20. The number of ether oxygens (including phenoxy) is 2. The number of imidazole rings is 1. The molecule has 0 atom stereocenters. The van der Waals surface area contributed by atoms with Gasteiger partial charge in [0.15, 0.2) is 0 Å². The first-order valence-corrected chi connectivity index (χ1v) is 11.4. The van der Waals surface area contributed by atoms with Crippen molar-refractivity contribution in [2.24, 2.45) is 5.10 Å². The molecule has 0 aliphatic rings. The molecule has 0 fully saturated rings. The zero-order valence-corrected chi connectivity index (χ0v) is 19.6. The smallest absolute Gasteiger partial charge is 0.319 e. The Labute approximate surface area is 195 Å². The number of halogens is 1. The molecule has 0 amide bonds. The molecule has 0 N–H and O–H groups in total. The molecule has 1 aromatic carbocycles. The van der Waals surface area contributed by atoms with E-state index in [0.717, 1.165) is 16.0 Å². The van der Waals surface area contributed by atoms with E-state index in [2.05, 4.69) is 20.1 Å². The van der Waals surface area contributed by atoms with Crippen LogP contribution >= 0.6 is 0 Å². The normalized spacial score (nSPS) is 11.8. The Bertz CT molecular complexity index is 1500. The number of pyridine rings is 1. The molecule has 10 nitrogen and oxygen atoms in total. The summed E-state index contributed by atoms with van der Waals surface area (Å²) in [5, 5.41) is 4.07. The summed E-state index contributed by atoms with van der Waals surface area (Å²) >= 11 is 0. The van der Waals surface area contributed by atoms with Crippen molar-refractivity contribution < 1.29 is 22.3 Å². The summed E-state index contributed by atoms with van der Waals surface area (Å²) in [6, 6.07) is 7.38. The van der Waals surface area contributed by atoms with Gasteiger partial charge in [0.25, 0.3) is 10.0 Å². The molecule has 12 heteroatoms. The SMILES string of the molecule is COc1ncc(-c2ccc3ncc(/C=N/N(C)S(=O)(=O)c4cc(F)ccc4C)n3c2)c(OC)n1. The first-order valence-electron chi connectivity index (χ1n) is 9.96. The number of hydrogen-bond donors (Lipinski definition) is 0. The standard InChI is InChI=1S/C22H21FN6O4S/c1-14-5-7-16(23)9-19(14)34(30,31)28(2)26-11-17-10-24-20-8-6-15(13-29(17)20)18-12-25-22(33-4)27-21(18)32-3/h5-13H,1-4H3/b26-11+. The lowest BCUT2D eigenvalue weighted by molar-refractivity contribution is 0.353. The van der Waals surface area contributed by atoms with E-state index >= 15 is 0 Å². The Hall–Kier alpha value is -4.06. The van der Waals surface area contributed by atoms with Gasteiger partial charge in [-0.3, -0.25) is 4.40 Å². The summed E-state index contributed by atoms with van der Waals surface area (Å²) in [5.41, 5.74) is 2.91. The van der Waals surface area contributed by atoms with Crippen molar-refractivity contribution in [2.45, 2.75) is 11.8 Å². The van der Waals surface area contributed by atoms with Gasteiger partial charge in [-0.15, -0.1) is 0 Å². The highest BCUT2D eigenvalue weighted by Gasteiger charge is 2.22. The van der Waals surface area contributed by atoms with Gasteiger partial charge in [-0.2, -0.15) is 22.9 Å². The van der Waals surface area contributed by atoms with Crippen LogP contribution in [0.5, 0.6) is 11.9 Å². The molecule has 0 aliphatic carbocycles. The Balaban J connectivity index is 1.69. The maximum absolute atomic E-state index is 13.6. The van der Waals surface area contributed by atoms with Crippen molar-refractivity contribution in [3.63, 3.8) is 0 Å². The summed E-state index contributed by atoms with van der Waals surface area (Å²) < 4.78 is 52.3. The number of hydrogen-bond acceptors (Lipinski definition) is 8. The minimum atomic E-state index is -4.04. The average Bonchev–Trinajstić information content (AvgIpc) is 3.25. The predicted molar refractivity (Wildman–Crippen MR) is 123 cm³/mol. The number of hydrazone groups is 1. The molecule has 176 valence electrons. The van der Waals surface area contributed by atoms with Crippen molar-refractivity contribution in [3.8, 4) is 23.0 Å². The van der Waals surface area contributed by atoms with Crippen molar-refractivity contribution >= 4 is 21.9 Å². The van der Waals surface area contributed by atoms with Crippen LogP contribution in [0.1, 0.15) is 11.3 Å². The van der Waals surface area contributed by atoms with Crippen molar-refractivity contribution in [3.05, 3.63) is 66.0 Å². The lowest BCUT2D eigenvalue weighted by atomic mass is 10.1. The van der Waals surface area contributed by atoms with Crippen LogP contribution in [0, 0.1) is 12.7 Å². The summed E-state index contributed by atoms with van der Waals surface area (Å²) in [7, 11) is 0.196. The van der Waals surface area contributed by atoms with Crippen LogP contribution in [0.4, 0.5) is 4.39 Å². The highest BCUT2D eigenvalue weighted by atomic mass is 32.2. The Kier molecular flexibility index (Phi) is 6.16. The Morgan fingerprint density at radius 3 is 2.65 bits per heavy atom. The maximum atomic E-state index is 13.6. The highest BCUT2D eigenvalue weighted by molar-refractivity contribution is 7.89. The van der Waals surface area contributed by atoms with Crippen LogP contribution in [0.15, 0.2) is 58.9 Å². The van der Waals surface area contributed by atoms with Crippen LogP contribution in [0.25, 0.3) is 16.8 Å². The van der Waals surface area contributed by atoms with Gasteiger partial charge in [0, 0.05) is 25.0 Å². The second-order valence-corrected chi connectivity index (χ2v) is 9.12. The van der Waals surface area contributed by atoms with Crippen molar-refractivity contribution in [1.82, 2.24) is 23.8 Å². The number of fused-ring (bicyclic) bond motifs is 1. The summed E-state index contributed by atoms with van der Waals surface area (Å²) in [6.45, 7) is 1.59. The van der Waals surface area contributed by atoms with E-state index in [4.69, 9.17) is 9.47 Å². The lowest BCUT2D eigenvalue weighted by Gasteiger charge is -2.15. The molecule has 0 spiro atoms. The zero-order chi connectivity index (χ0) is 24.5. The molecule has 0 saturated heterocycles. The van der Waals surface area contributed by atoms with Crippen LogP contribution in [-0.2, 0) is 10.0 Å². The molecule has 3 aromatic heterocycles. The molecule has 0 aliphatic heterocycles. The van der Waals surface area contributed by atoms with E-state index in [1.165, 1.54) is 39.6 Å². The van der Waals surface area contributed by atoms with Crippen LogP contribution < -0.4 is 9.47 Å². The Morgan fingerprint density at radius 2 is 1.91 bits per heavy atom. The van der Waals surface area contributed by atoms with Gasteiger partial charge in [-0.05, 0) is 36.8 Å². The molecule has 3 heterocycles. The third-order valence-electron chi connectivity index (χ3n) is 5.08. The second kappa shape index (κ2) is 9.06. The first-order chi connectivity index (χ1) is 16.2. The van der Waals surface area contributed by atoms with Crippen LogP contribution in [0.3, 0.4) is 0 Å². The first kappa shape index (κ1) is 23.1. The fourth-order valence-corrected chi connectivity index (χ4v) is 4.45. The topological polar surface area (TPSA) is 111 Å². The molecular formula is C22H21FN6O4S. The van der Waals surface area contributed by atoms with Gasteiger partial charge in [-0.1, -0.05) is 6.07 Å². The quantitative estimate of drug-likeness (QED) is 0.293. The number of rotatable bonds is 7. The molecule has 34 heavy (non-hydrogen) atoms. The number of methoxy groups -OCH3 is 2. The molecule has 4 aromatic rings. The average molecular weight is 485 g/mol. The number of nitrogens with zero attached hydrogens (tertiary/aromatic N) is 6. The molecule has 0 radical (unpaired) electrons. The van der Waals surface area contributed by atoms with E-state index in [0.29, 0.717) is 28.3 Å². The fraction of sp³-hybridized carbons (Fsp3) is 0.182. The van der Waals surface area contributed by atoms with Crippen molar-refractivity contribution in [1.29, 1.82) is 0 Å². The van der Waals surface area contributed by atoms with Gasteiger partial charge in [0.1, 0.15) is 11.5 Å². The lowest BCUT2D eigenvalue weighted by Crippen LogP contribution is -2.23. The zero-order valence-electron chi connectivity index (χ0n) is 18.8. The van der Waals surface area contributed by atoms with Gasteiger partial charge < -0.3 is 9.47 Å². The van der Waals surface area contributed by atoms with Crippen molar-refractivity contribution in [2.75, 3.05) is 21.3 Å².